The molecule has 2 aliphatic heterocycles. The van der Waals surface area contributed by atoms with Crippen molar-refractivity contribution in [2.24, 2.45) is 5.16 Å². The van der Waals surface area contributed by atoms with Crippen molar-refractivity contribution in [3.8, 4) is 0 Å². The third-order valence-electron chi connectivity index (χ3n) is 5.44. The molecule has 1 fully saturated rings. The number of thiophene rings is 1. The van der Waals surface area contributed by atoms with E-state index >= 15 is 0 Å². The number of hydrogen-bond acceptors (Lipinski definition) is 12. The van der Waals surface area contributed by atoms with E-state index in [4.69, 9.17) is 5.73 Å². The number of carboxylic acid groups (broad SMARTS) is 1. The van der Waals surface area contributed by atoms with Crippen LogP contribution in [0.2, 0.25) is 0 Å². The number of anilines is 1. The fourth-order valence-electron chi connectivity index (χ4n) is 3.94. The van der Waals surface area contributed by atoms with Crippen LogP contribution in [0, 0.1) is 0 Å². The van der Waals surface area contributed by atoms with Gasteiger partial charge in [-0.15, -0.1) is 23.1 Å². The quantitative estimate of drug-likeness (QED) is 0.165. The summed E-state index contributed by atoms with van der Waals surface area (Å²) < 4.78 is 7.65. The normalized spacial score (nSPS) is 20.0. The summed E-state index contributed by atoms with van der Waals surface area (Å²) in [6.07, 6.45) is 1.86. The Labute approximate surface area is 205 Å². The number of thioether (sulfide) groups is 1. The van der Waals surface area contributed by atoms with Gasteiger partial charge in [-0.3, -0.25) is 14.5 Å². The molecule has 3 N–H and O–H groups in total. The number of carboxylic acids is 1. The second-order valence-corrected chi connectivity index (χ2v) is 9.54. The number of hydrogen-bond donors (Lipinski definition) is 2. The minimum Gasteiger partial charge on any atom is -0.543 e. The van der Waals surface area contributed by atoms with Gasteiger partial charge in [0.15, 0.2) is 12.7 Å². The van der Waals surface area contributed by atoms with Gasteiger partial charge in [-0.25, -0.2) is 0 Å². The van der Waals surface area contributed by atoms with Crippen LogP contribution in [0.5, 0.6) is 0 Å². The van der Waals surface area contributed by atoms with Crippen LogP contribution in [0.3, 0.4) is 0 Å². The SMILES string of the molecule is CO/N=C(\C(=O)NC1C(=O)N2C(C(=O)[O-])=C(C[n+]3cccc4sccc43)CS[C@H]12)c1noc(N)n1. The Kier molecular flexibility index (Phi) is 5.86. The molecule has 13 nitrogen and oxygen atoms in total. The van der Waals surface area contributed by atoms with E-state index in [1.165, 1.54) is 18.9 Å². The number of carbonyl (C=O) groups excluding carboxylic acids is 3. The Balaban J connectivity index is 1.38. The van der Waals surface area contributed by atoms with Gasteiger partial charge in [-0.05, 0) is 11.4 Å². The molecule has 0 bridgehead atoms. The van der Waals surface area contributed by atoms with Crippen LogP contribution in [0.15, 0.2) is 50.7 Å². The molecule has 0 aromatic carbocycles. The number of oxime groups is 1. The van der Waals surface area contributed by atoms with Crippen LogP contribution >= 0.6 is 23.1 Å². The van der Waals surface area contributed by atoms with Crippen molar-refractivity contribution in [3.05, 3.63) is 46.9 Å². The van der Waals surface area contributed by atoms with Gasteiger partial charge in [0.25, 0.3) is 11.8 Å². The number of rotatable bonds is 7. The first-order valence-electron chi connectivity index (χ1n) is 10.1. The largest absolute Gasteiger partial charge is 0.543 e. The number of pyridine rings is 1. The smallest absolute Gasteiger partial charge is 0.319 e. The molecule has 3 aromatic heterocycles. The molecule has 5 rings (SSSR count). The van der Waals surface area contributed by atoms with Crippen LogP contribution in [0.1, 0.15) is 5.82 Å². The number of nitrogens with zero attached hydrogens (tertiary/aromatic N) is 5. The van der Waals surface area contributed by atoms with Crippen LogP contribution in [-0.4, -0.2) is 62.8 Å². The molecular formula is C20H17N7O6S2. The Hall–Kier alpha value is -3.98. The van der Waals surface area contributed by atoms with Crippen LogP contribution in [-0.2, 0) is 25.8 Å². The summed E-state index contributed by atoms with van der Waals surface area (Å²) in [4.78, 5) is 47.4. The van der Waals surface area contributed by atoms with Crippen molar-refractivity contribution >= 4 is 62.8 Å². The second-order valence-electron chi connectivity index (χ2n) is 7.49. The van der Waals surface area contributed by atoms with E-state index in [-0.39, 0.29) is 29.8 Å². The minimum absolute atomic E-state index is 0.180. The summed E-state index contributed by atoms with van der Waals surface area (Å²) >= 11 is 2.92. The van der Waals surface area contributed by atoms with Crippen molar-refractivity contribution in [3.63, 3.8) is 0 Å². The fraction of sp³-hybridized carbons (Fsp3) is 0.250. The molecule has 5 heterocycles. The van der Waals surface area contributed by atoms with Crippen LogP contribution < -0.4 is 20.7 Å². The number of nitrogen functional groups attached to an aromatic ring is 1. The molecule has 15 heteroatoms. The zero-order valence-electron chi connectivity index (χ0n) is 18.0. The number of nitrogens with two attached hydrogens (primary N) is 1. The lowest BCUT2D eigenvalue weighted by molar-refractivity contribution is -0.663. The molecule has 0 spiro atoms. The highest BCUT2D eigenvalue weighted by molar-refractivity contribution is 8.00. The van der Waals surface area contributed by atoms with Gasteiger partial charge in [0.05, 0.1) is 16.4 Å². The number of fused-ring (bicyclic) bond motifs is 2. The number of nitrogens with one attached hydrogen (secondary N) is 1. The van der Waals surface area contributed by atoms with Crippen LogP contribution in [0.25, 0.3) is 10.2 Å². The van der Waals surface area contributed by atoms with E-state index < -0.39 is 29.2 Å². The Bertz CT molecular complexity index is 1410. The van der Waals surface area contributed by atoms with E-state index in [0.717, 1.165) is 15.1 Å². The summed E-state index contributed by atoms with van der Waals surface area (Å²) in [6.45, 7) is 0.280. The average Bonchev–Trinajstić information content (AvgIpc) is 3.49. The summed E-state index contributed by atoms with van der Waals surface area (Å²) in [5.41, 5.74) is 6.37. The Morgan fingerprint density at radius 3 is 3.00 bits per heavy atom. The highest BCUT2D eigenvalue weighted by Crippen LogP contribution is 2.40. The number of β-lactam (4-membered cyclic amide) rings is 1. The first kappa shape index (κ1) is 22.8. The minimum atomic E-state index is -1.45. The monoisotopic (exact) mass is 515 g/mol. The van der Waals surface area contributed by atoms with Gasteiger partial charge in [-0.1, -0.05) is 10.3 Å². The summed E-state index contributed by atoms with van der Waals surface area (Å²) in [5, 5.41) is 23.1. The second kappa shape index (κ2) is 8.99. The van der Waals surface area contributed by atoms with Crippen LogP contribution in [0.4, 0.5) is 6.01 Å². The zero-order chi connectivity index (χ0) is 24.7. The molecule has 0 saturated carbocycles. The molecule has 2 amide bonds. The lowest BCUT2D eigenvalue weighted by atomic mass is 10.0. The van der Waals surface area contributed by atoms with Crippen molar-refractivity contribution in [2.75, 3.05) is 18.6 Å². The third-order valence-corrected chi connectivity index (χ3v) is 7.65. The highest BCUT2D eigenvalue weighted by atomic mass is 32.2. The van der Waals surface area contributed by atoms with Gasteiger partial charge in [0, 0.05) is 23.5 Å². The van der Waals surface area contributed by atoms with Gasteiger partial charge in [-0.2, -0.15) is 9.55 Å². The van der Waals surface area contributed by atoms with Gasteiger partial charge in [0.2, 0.25) is 17.1 Å². The lowest BCUT2D eigenvalue weighted by Crippen LogP contribution is -2.71. The molecule has 1 saturated heterocycles. The van der Waals surface area contributed by atoms with Crippen molar-refractivity contribution in [1.82, 2.24) is 20.4 Å². The molecule has 3 aromatic rings. The maximum atomic E-state index is 13.0. The third kappa shape index (κ3) is 3.97. The Morgan fingerprint density at radius 2 is 2.29 bits per heavy atom. The first-order chi connectivity index (χ1) is 16.9. The zero-order valence-corrected chi connectivity index (χ0v) is 19.7. The highest BCUT2D eigenvalue weighted by Gasteiger charge is 2.53. The fourth-order valence-corrected chi connectivity index (χ4v) is 6.09. The topological polar surface area (TPSA) is 180 Å². The van der Waals surface area contributed by atoms with E-state index in [0.29, 0.717) is 11.3 Å². The summed E-state index contributed by atoms with van der Waals surface area (Å²) in [6, 6.07) is 4.54. The maximum Gasteiger partial charge on any atom is 0.319 e. The molecule has 1 unspecified atom stereocenters. The summed E-state index contributed by atoms with van der Waals surface area (Å²) in [5.74, 6) is -2.74. The molecule has 180 valence electrons. The predicted octanol–water partition coefficient (Wildman–Crippen LogP) is -1.39. The van der Waals surface area contributed by atoms with E-state index in [1.54, 1.807) is 11.3 Å². The van der Waals surface area contributed by atoms with E-state index in [1.807, 2.05) is 34.3 Å². The maximum absolute atomic E-state index is 13.0. The number of aromatic nitrogens is 3. The van der Waals surface area contributed by atoms with Crippen molar-refractivity contribution in [1.29, 1.82) is 0 Å². The molecule has 0 radical (unpaired) electrons. The molecule has 0 aliphatic carbocycles. The Morgan fingerprint density at radius 1 is 1.46 bits per heavy atom. The molecule has 2 atom stereocenters. The van der Waals surface area contributed by atoms with Crippen molar-refractivity contribution in [2.45, 2.75) is 18.0 Å². The number of aliphatic carboxylic acids is 1. The standard InChI is InChI=1S/C20H17N7O6S2/c1-32-24-12(15-23-20(21)33-25-15)16(28)22-13-17(29)27-14(19(30)31)9(8-35-18(13)27)7-26-5-2-3-11-10(26)4-6-34-11/h2-6,13,18H,7-8H2,1H3,(H3-,21,22,23,25,28,30,31)/b24-12-/t13?,18-/m1/s1. The number of amides is 2. The summed E-state index contributed by atoms with van der Waals surface area (Å²) in [7, 11) is 1.22. The van der Waals surface area contributed by atoms with E-state index in [9.17, 15) is 19.5 Å². The molecule has 2 aliphatic rings. The van der Waals surface area contributed by atoms with E-state index in [2.05, 4.69) is 30.0 Å². The first-order valence-corrected chi connectivity index (χ1v) is 12.1. The average molecular weight is 516 g/mol. The lowest BCUT2D eigenvalue weighted by Gasteiger charge is -2.50. The van der Waals surface area contributed by atoms with Gasteiger partial charge in [0.1, 0.15) is 18.5 Å². The molecule has 35 heavy (non-hydrogen) atoms. The van der Waals surface area contributed by atoms with Crippen molar-refractivity contribution < 1.29 is 33.4 Å². The van der Waals surface area contributed by atoms with Gasteiger partial charge < -0.3 is 30.3 Å². The predicted molar refractivity (Wildman–Crippen MR) is 121 cm³/mol. The molecular weight excluding hydrogens is 498 g/mol. The van der Waals surface area contributed by atoms with Gasteiger partial charge >= 0.3 is 6.01 Å². The number of carbonyl (C=O) groups is 3.